The van der Waals surface area contributed by atoms with E-state index >= 15 is 0 Å². The summed E-state index contributed by atoms with van der Waals surface area (Å²) in [6, 6.07) is 1.28. The van der Waals surface area contributed by atoms with Gasteiger partial charge >= 0.3 is 6.18 Å². The maximum absolute atomic E-state index is 12.6. The van der Waals surface area contributed by atoms with E-state index in [-0.39, 0.29) is 18.6 Å². The van der Waals surface area contributed by atoms with Crippen LogP contribution >= 0.6 is 11.6 Å². The molecule has 1 atom stereocenters. The lowest BCUT2D eigenvalue weighted by molar-refractivity contribution is -0.145. The molecule has 0 saturated carbocycles. The lowest BCUT2D eigenvalue weighted by atomic mass is 10.2. The molecule has 0 amide bonds. The van der Waals surface area contributed by atoms with Crippen LogP contribution in [-0.2, 0) is 24.5 Å². The van der Waals surface area contributed by atoms with Gasteiger partial charge in [-0.05, 0) is 0 Å². The van der Waals surface area contributed by atoms with Gasteiger partial charge in [0, 0.05) is 45.1 Å². The highest BCUT2D eigenvalue weighted by molar-refractivity contribution is 6.31. The van der Waals surface area contributed by atoms with Crippen molar-refractivity contribution in [3.8, 4) is 5.88 Å². The Morgan fingerprint density at radius 2 is 2.23 bits per heavy atom. The fraction of sp³-hybridized carbons (Fsp3) is 0.533. The molecule has 142 valence electrons. The first-order chi connectivity index (χ1) is 12.3. The van der Waals surface area contributed by atoms with Crippen LogP contribution in [0.3, 0.4) is 0 Å². The number of alkyl halides is 3. The molecule has 0 radical (unpaired) electrons. The van der Waals surface area contributed by atoms with Gasteiger partial charge < -0.3 is 9.47 Å². The quantitative estimate of drug-likeness (QED) is 0.778. The van der Waals surface area contributed by atoms with E-state index in [4.69, 9.17) is 21.1 Å². The number of morpholine rings is 1. The highest BCUT2D eigenvalue weighted by Crippen LogP contribution is 2.26. The third-order valence-corrected chi connectivity index (χ3v) is 4.07. The molecule has 1 saturated heterocycles. The second-order valence-electron chi connectivity index (χ2n) is 5.85. The highest BCUT2D eigenvalue weighted by Gasteiger charge is 2.35. The molecule has 11 heteroatoms. The molecule has 0 spiro atoms. The first-order valence-corrected chi connectivity index (χ1v) is 8.24. The maximum Gasteiger partial charge on any atom is 0.451 e. The number of ether oxygens (including phenoxy) is 2. The van der Waals surface area contributed by atoms with E-state index in [1.54, 1.807) is 17.9 Å². The molecule has 2 aromatic heterocycles. The molecule has 2 aromatic rings. The molecule has 1 unspecified atom stereocenters. The molecular weight excluding hydrogens is 375 g/mol. The van der Waals surface area contributed by atoms with Crippen molar-refractivity contribution >= 4 is 11.6 Å². The average Bonchev–Trinajstić information content (AvgIpc) is 2.90. The van der Waals surface area contributed by atoms with Gasteiger partial charge in [-0.3, -0.25) is 9.58 Å². The van der Waals surface area contributed by atoms with Crippen LogP contribution in [0.2, 0.25) is 5.02 Å². The Morgan fingerprint density at radius 1 is 1.42 bits per heavy atom. The molecule has 1 fully saturated rings. The minimum atomic E-state index is -4.61. The van der Waals surface area contributed by atoms with Crippen LogP contribution in [0, 0.1) is 0 Å². The van der Waals surface area contributed by atoms with Crippen molar-refractivity contribution in [2.24, 2.45) is 7.05 Å². The van der Waals surface area contributed by atoms with E-state index in [0.717, 1.165) is 11.9 Å². The Bertz CT molecular complexity index is 755. The smallest absolute Gasteiger partial charge is 0.451 e. The van der Waals surface area contributed by atoms with Crippen molar-refractivity contribution < 1.29 is 22.6 Å². The molecule has 1 aliphatic rings. The summed E-state index contributed by atoms with van der Waals surface area (Å²) in [7, 11) is 1.79. The van der Waals surface area contributed by atoms with Gasteiger partial charge in [0.05, 0.1) is 17.3 Å². The summed E-state index contributed by atoms with van der Waals surface area (Å²) in [5.74, 6) is -1.37. The van der Waals surface area contributed by atoms with Crippen LogP contribution in [0.4, 0.5) is 13.2 Å². The molecule has 1 aliphatic heterocycles. The molecule has 0 aromatic carbocycles. The van der Waals surface area contributed by atoms with Crippen LogP contribution in [0.15, 0.2) is 18.5 Å². The lowest BCUT2D eigenvalue weighted by Gasteiger charge is -2.32. The molecule has 3 heterocycles. The molecule has 0 aliphatic carbocycles. The second kappa shape index (κ2) is 7.77. The Hall–Kier alpha value is -1.91. The van der Waals surface area contributed by atoms with Crippen LogP contribution in [-0.4, -0.2) is 57.1 Å². The second-order valence-corrected chi connectivity index (χ2v) is 6.26. The van der Waals surface area contributed by atoms with Crippen LogP contribution in [0.25, 0.3) is 0 Å². The number of rotatable bonds is 5. The largest absolute Gasteiger partial charge is 0.475 e. The fourth-order valence-corrected chi connectivity index (χ4v) is 2.83. The van der Waals surface area contributed by atoms with Gasteiger partial charge in [-0.25, -0.2) is 4.98 Å². The van der Waals surface area contributed by atoms with Crippen LogP contribution in [0.1, 0.15) is 11.5 Å². The summed E-state index contributed by atoms with van der Waals surface area (Å²) in [5.41, 5.74) is 0.765. The van der Waals surface area contributed by atoms with Crippen molar-refractivity contribution in [3.05, 3.63) is 35.0 Å². The predicted octanol–water partition coefficient (Wildman–Crippen LogP) is 2.16. The SMILES string of the molecule is Cn1cc(Cl)c(CN2CCOC(COc3ccnc(C(F)(F)F)n3)C2)n1. The molecule has 0 bridgehead atoms. The number of hydrogen-bond acceptors (Lipinski definition) is 6. The zero-order chi connectivity index (χ0) is 18.7. The lowest BCUT2D eigenvalue weighted by Crippen LogP contribution is -2.44. The van der Waals surface area contributed by atoms with Gasteiger partial charge in [-0.15, -0.1) is 0 Å². The first-order valence-electron chi connectivity index (χ1n) is 7.86. The predicted molar refractivity (Wildman–Crippen MR) is 85.8 cm³/mol. The molecule has 3 rings (SSSR count). The average molecular weight is 392 g/mol. The van der Waals surface area contributed by atoms with Crippen molar-refractivity contribution in [3.63, 3.8) is 0 Å². The standard InChI is InChI=1S/C15H17ClF3N5O2/c1-23-7-11(16)12(22-23)8-24-4-5-25-10(6-24)9-26-13-2-3-20-14(21-13)15(17,18)19/h2-3,7,10H,4-6,8-9H2,1H3. The summed E-state index contributed by atoms with van der Waals surface area (Å²) in [4.78, 5) is 8.67. The van der Waals surface area contributed by atoms with Gasteiger partial charge in [0.15, 0.2) is 0 Å². The number of hydrogen-bond donors (Lipinski definition) is 0. The number of aryl methyl sites for hydroxylation is 1. The van der Waals surface area contributed by atoms with Crippen molar-refractivity contribution in [2.45, 2.75) is 18.8 Å². The van der Waals surface area contributed by atoms with E-state index in [9.17, 15) is 13.2 Å². The van der Waals surface area contributed by atoms with Gasteiger partial charge in [-0.1, -0.05) is 11.6 Å². The van der Waals surface area contributed by atoms with E-state index in [1.165, 1.54) is 6.07 Å². The zero-order valence-corrected chi connectivity index (χ0v) is 14.7. The Labute approximate surface area is 152 Å². The van der Waals surface area contributed by atoms with E-state index in [2.05, 4.69) is 20.0 Å². The number of nitrogens with zero attached hydrogens (tertiary/aromatic N) is 5. The Balaban J connectivity index is 1.55. The first kappa shape index (κ1) is 18.9. The van der Waals surface area contributed by atoms with E-state index in [0.29, 0.717) is 31.3 Å². The fourth-order valence-electron chi connectivity index (χ4n) is 2.59. The van der Waals surface area contributed by atoms with Crippen molar-refractivity contribution in [2.75, 3.05) is 26.3 Å². The van der Waals surface area contributed by atoms with Gasteiger partial charge in [0.1, 0.15) is 12.7 Å². The summed E-state index contributed by atoms with van der Waals surface area (Å²) in [5, 5.41) is 4.89. The third-order valence-electron chi connectivity index (χ3n) is 3.75. The molecular formula is C15H17ClF3N5O2. The third kappa shape index (κ3) is 4.83. The van der Waals surface area contributed by atoms with Gasteiger partial charge in [-0.2, -0.15) is 23.3 Å². The number of aromatic nitrogens is 4. The van der Waals surface area contributed by atoms with E-state index in [1.807, 2.05) is 0 Å². The van der Waals surface area contributed by atoms with Gasteiger partial charge in [0.2, 0.25) is 11.7 Å². The van der Waals surface area contributed by atoms with E-state index < -0.39 is 12.0 Å². The van der Waals surface area contributed by atoms with Crippen LogP contribution in [0.5, 0.6) is 5.88 Å². The summed E-state index contributed by atoms with van der Waals surface area (Å²) >= 11 is 6.12. The summed E-state index contributed by atoms with van der Waals surface area (Å²) in [6.45, 7) is 2.38. The minimum absolute atomic E-state index is 0.0841. The molecule has 0 N–H and O–H groups in total. The zero-order valence-electron chi connectivity index (χ0n) is 13.9. The van der Waals surface area contributed by atoms with Crippen LogP contribution < -0.4 is 4.74 Å². The Morgan fingerprint density at radius 3 is 2.92 bits per heavy atom. The highest BCUT2D eigenvalue weighted by atomic mass is 35.5. The van der Waals surface area contributed by atoms with Crippen molar-refractivity contribution in [1.29, 1.82) is 0 Å². The normalized spacial score (nSPS) is 18.9. The van der Waals surface area contributed by atoms with Crippen molar-refractivity contribution in [1.82, 2.24) is 24.6 Å². The van der Waals surface area contributed by atoms with Gasteiger partial charge in [0.25, 0.3) is 0 Å². The Kier molecular flexibility index (Phi) is 5.64. The monoisotopic (exact) mass is 391 g/mol. The molecule has 26 heavy (non-hydrogen) atoms. The number of halogens is 4. The summed E-state index contributed by atoms with van der Waals surface area (Å²) in [6.07, 6.45) is -2.16. The minimum Gasteiger partial charge on any atom is -0.475 e. The topological polar surface area (TPSA) is 65.3 Å². The molecule has 7 nitrogen and oxygen atoms in total. The summed E-state index contributed by atoms with van der Waals surface area (Å²) < 4.78 is 50.5. The maximum atomic E-state index is 12.6.